The van der Waals surface area contributed by atoms with E-state index in [-0.39, 0.29) is 5.82 Å². The monoisotopic (exact) mass is 280 g/mol. The third-order valence-corrected chi connectivity index (χ3v) is 2.96. The first-order chi connectivity index (χ1) is 7.68. The Morgan fingerprint density at radius 3 is 2.75 bits per heavy atom. The first-order valence-corrected chi connectivity index (χ1v) is 5.59. The maximum atomic E-state index is 13.1. The van der Waals surface area contributed by atoms with Gasteiger partial charge in [0, 0.05) is 10.7 Å². The summed E-state index contributed by atoms with van der Waals surface area (Å²) in [6.45, 7) is 0. The smallest absolute Gasteiger partial charge is 0.123 e. The normalized spacial score (nSPS) is 12.4. The molecule has 1 aromatic heterocycles. The molecule has 1 aromatic carbocycles. The minimum Gasteiger partial charge on any atom is -0.319 e. The van der Waals surface area contributed by atoms with E-state index in [1.54, 1.807) is 18.3 Å². The molecular formula is C12H10BrFN2. The average molecular weight is 281 g/mol. The second-order valence-corrected chi connectivity index (χ2v) is 4.26. The molecule has 82 valence electrons. The van der Waals surface area contributed by atoms with E-state index in [0.29, 0.717) is 11.3 Å². The van der Waals surface area contributed by atoms with Gasteiger partial charge in [0.15, 0.2) is 0 Å². The van der Waals surface area contributed by atoms with Crippen molar-refractivity contribution >= 4 is 15.9 Å². The Labute approximate surface area is 101 Å². The van der Waals surface area contributed by atoms with Crippen molar-refractivity contribution in [2.45, 2.75) is 6.04 Å². The minimum atomic E-state index is -0.425. The zero-order valence-corrected chi connectivity index (χ0v) is 9.99. The average Bonchev–Trinajstić information content (AvgIpc) is 2.29. The summed E-state index contributed by atoms with van der Waals surface area (Å²) in [4.78, 5) is 4.19. The molecule has 0 amide bonds. The topological polar surface area (TPSA) is 38.9 Å². The molecule has 0 aliphatic rings. The number of nitrogens with zero attached hydrogens (tertiary/aromatic N) is 1. The molecular weight excluding hydrogens is 271 g/mol. The molecule has 0 saturated heterocycles. The molecule has 2 N–H and O–H groups in total. The molecule has 2 aromatic rings. The number of benzene rings is 1. The SMILES string of the molecule is NC(c1cccc(F)c1)c1ncccc1Br. The van der Waals surface area contributed by atoms with Gasteiger partial charge in [-0.15, -0.1) is 0 Å². The van der Waals surface area contributed by atoms with Crippen molar-refractivity contribution in [3.05, 3.63) is 64.1 Å². The first-order valence-electron chi connectivity index (χ1n) is 4.80. The molecule has 2 nitrogen and oxygen atoms in total. The quantitative estimate of drug-likeness (QED) is 0.919. The summed E-state index contributed by atoms with van der Waals surface area (Å²) >= 11 is 3.38. The summed E-state index contributed by atoms with van der Waals surface area (Å²) in [6.07, 6.45) is 1.67. The molecule has 16 heavy (non-hydrogen) atoms. The number of aromatic nitrogens is 1. The van der Waals surface area contributed by atoms with E-state index in [4.69, 9.17) is 5.73 Å². The van der Waals surface area contributed by atoms with Crippen LogP contribution in [0.15, 0.2) is 47.1 Å². The van der Waals surface area contributed by atoms with Gasteiger partial charge in [-0.05, 0) is 45.8 Å². The molecule has 1 unspecified atom stereocenters. The van der Waals surface area contributed by atoms with E-state index in [2.05, 4.69) is 20.9 Å². The van der Waals surface area contributed by atoms with Gasteiger partial charge in [-0.1, -0.05) is 12.1 Å². The lowest BCUT2D eigenvalue weighted by molar-refractivity contribution is 0.623. The maximum Gasteiger partial charge on any atom is 0.123 e. The summed E-state index contributed by atoms with van der Waals surface area (Å²) in [7, 11) is 0. The summed E-state index contributed by atoms with van der Waals surface area (Å²) < 4.78 is 13.9. The van der Waals surface area contributed by atoms with Gasteiger partial charge in [0.2, 0.25) is 0 Å². The molecule has 0 aliphatic carbocycles. The highest BCUT2D eigenvalue weighted by molar-refractivity contribution is 9.10. The fraction of sp³-hybridized carbons (Fsp3) is 0.0833. The van der Waals surface area contributed by atoms with Crippen molar-refractivity contribution in [1.82, 2.24) is 4.98 Å². The highest BCUT2D eigenvalue weighted by Gasteiger charge is 2.13. The maximum absolute atomic E-state index is 13.1. The van der Waals surface area contributed by atoms with Crippen molar-refractivity contribution in [2.75, 3.05) is 0 Å². The van der Waals surface area contributed by atoms with Crippen LogP contribution in [0.2, 0.25) is 0 Å². The zero-order valence-electron chi connectivity index (χ0n) is 8.40. The van der Waals surface area contributed by atoms with E-state index in [1.165, 1.54) is 12.1 Å². The van der Waals surface area contributed by atoms with E-state index < -0.39 is 6.04 Å². The summed E-state index contributed by atoms with van der Waals surface area (Å²) in [5.74, 6) is -0.292. The standard InChI is InChI=1S/C12H10BrFN2/c13-10-5-2-6-16-12(10)11(15)8-3-1-4-9(14)7-8/h1-7,11H,15H2. The Bertz CT molecular complexity index is 502. The van der Waals surface area contributed by atoms with Crippen LogP contribution in [0.5, 0.6) is 0 Å². The largest absolute Gasteiger partial charge is 0.319 e. The number of hydrogen-bond donors (Lipinski definition) is 1. The second kappa shape index (κ2) is 4.72. The highest BCUT2D eigenvalue weighted by atomic mass is 79.9. The number of rotatable bonds is 2. The number of nitrogens with two attached hydrogens (primary N) is 1. The van der Waals surface area contributed by atoms with Crippen LogP contribution in [0.25, 0.3) is 0 Å². The fourth-order valence-corrected chi connectivity index (χ4v) is 1.99. The summed E-state index contributed by atoms with van der Waals surface area (Å²) in [5, 5.41) is 0. The Balaban J connectivity index is 2.39. The molecule has 0 radical (unpaired) electrons. The van der Waals surface area contributed by atoms with Crippen molar-refractivity contribution in [3.8, 4) is 0 Å². The molecule has 0 spiro atoms. The van der Waals surface area contributed by atoms with Gasteiger partial charge >= 0.3 is 0 Å². The van der Waals surface area contributed by atoms with Crippen molar-refractivity contribution in [3.63, 3.8) is 0 Å². The molecule has 1 atom stereocenters. The van der Waals surface area contributed by atoms with Gasteiger partial charge < -0.3 is 5.73 Å². The van der Waals surface area contributed by atoms with Gasteiger partial charge in [0.05, 0.1) is 11.7 Å². The van der Waals surface area contributed by atoms with Crippen LogP contribution in [0, 0.1) is 5.82 Å². The second-order valence-electron chi connectivity index (χ2n) is 3.40. The van der Waals surface area contributed by atoms with Crippen LogP contribution in [0.4, 0.5) is 4.39 Å². The zero-order chi connectivity index (χ0) is 11.5. The van der Waals surface area contributed by atoms with Gasteiger partial charge in [0.1, 0.15) is 5.82 Å². The van der Waals surface area contributed by atoms with Crippen molar-refractivity contribution in [1.29, 1.82) is 0 Å². The van der Waals surface area contributed by atoms with Crippen LogP contribution in [-0.4, -0.2) is 4.98 Å². The van der Waals surface area contributed by atoms with Crippen LogP contribution < -0.4 is 5.73 Å². The number of halogens is 2. The molecule has 2 rings (SSSR count). The van der Waals surface area contributed by atoms with Crippen molar-refractivity contribution in [2.24, 2.45) is 5.73 Å². The lowest BCUT2D eigenvalue weighted by Crippen LogP contribution is -2.14. The molecule has 1 heterocycles. The highest BCUT2D eigenvalue weighted by Crippen LogP contribution is 2.24. The lowest BCUT2D eigenvalue weighted by Gasteiger charge is -2.12. The Hall–Kier alpha value is -1.26. The van der Waals surface area contributed by atoms with E-state index in [1.807, 2.05) is 12.1 Å². The molecule has 0 fully saturated rings. The minimum absolute atomic E-state index is 0.292. The lowest BCUT2D eigenvalue weighted by atomic mass is 10.0. The predicted octanol–water partition coefficient (Wildman–Crippen LogP) is 3.03. The molecule has 0 bridgehead atoms. The number of pyridine rings is 1. The van der Waals surface area contributed by atoms with E-state index >= 15 is 0 Å². The Morgan fingerprint density at radius 2 is 2.06 bits per heavy atom. The molecule has 0 aliphatic heterocycles. The molecule has 4 heteroatoms. The fourth-order valence-electron chi connectivity index (χ4n) is 1.48. The summed E-state index contributed by atoms with van der Waals surface area (Å²) in [6, 6.07) is 9.49. The van der Waals surface area contributed by atoms with Gasteiger partial charge in [-0.25, -0.2) is 4.39 Å². The predicted molar refractivity (Wildman–Crippen MR) is 64.4 cm³/mol. The Kier molecular flexibility index (Phi) is 3.31. The van der Waals surface area contributed by atoms with Crippen LogP contribution in [0.1, 0.15) is 17.3 Å². The van der Waals surface area contributed by atoms with E-state index in [0.717, 1.165) is 4.47 Å². The van der Waals surface area contributed by atoms with Gasteiger partial charge in [-0.3, -0.25) is 4.98 Å². The van der Waals surface area contributed by atoms with Crippen LogP contribution in [-0.2, 0) is 0 Å². The van der Waals surface area contributed by atoms with Gasteiger partial charge in [-0.2, -0.15) is 0 Å². The van der Waals surface area contributed by atoms with Crippen LogP contribution in [0.3, 0.4) is 0 Å². The Morgan fingerprint density at radius 1 is 1.25 bits per heavy atom. The van der Waals surface area contributed by atoms with Crippen molar-refractivity contribution < 1.29 is 4.39 Å². The number of hydrogen-bond acceptors (Lipinski definition) is 2. The molecule has 0 saturated carbocycles. The first kappa shape index (κ1) is 11.2. The van der Waals surface area contributed by atoms with Crippen LogP contribution >= 0.6 is 15.9 Å². The summed E-state index contributed by atoms with van der Waals surface area (Å²) in [5.41, 5.74) is 7.44. The van der Waals surface area contributed by atoms with E-state index in [9.17, 15) is 4.39 Å². The third-order valence-electron chi connectivity index (χ3n) is 2.29. The van der Waals surface area contributed by atoms with Gasteiger partial charge in [0.25, 0.3) is 0 Å². The third kappa shape index (κ3) is 2.28.